The molecular weight excluding hydrogens is 330 g/mol. The summed E-state index contributed by atoms with van der Waals surface area (Å²) < 4.78 is 10.9. The fourth-order valence-corrected chi connectivity index (χ4v) is 3.53. The molecule has 0 saturated heterocycles. The first kappa shape index (κ1) is 15.3. The molecule has 1 aliphatic heterocycles. The van der Waals surface area contributed by atoms with Crippen molar-refractivity contribution in [2.24, 2.45) is 0 Å². The Hall–Kier alpha value is -2.24. The third-order valence-corrected chi connectivity index (χ3v) is 4.89. The largest absolute Gasteiger partial charge is 0.478 e. The minimum atomic E-state index is -0.891. The number of benzene rings is 2. The van der Waals surface area contributed by atoms with Crippen LogP contribution in [0.3, 0.4) is 0 Å². The Morgan fingerprint density at radius 1 is 1.21 bits per heavy atom. The van der Waals surface area contributed by atoms with Crippen molar-refractivity contribution in [3.8, 4) is 11.5 Å². The van der Waals surface area contributed by atoms with Crippen molar-refractivity contribution in [1.82, 2.24) is 5.32 Å². The van der Waals surface area contributed by atoms with Crippen molar-refractivity contribution < 1.29 is 19.4 Å². The van der Waals surface area contributed by atoms with E-state index in [1.54, 1.807) is 12.1 Å². The lowest BCUT2D eigenvalue weighted by atomic mass is 10.1. The van der Waals surface area contributed by atoms with Crippen molar-refractivity contribution in [3.63, 3.8) is 0 Å². The zero-order chi connectivity index (χ0) is 16.7. The predicted molar refractivity (Wildman–Crippen MR) is 89.0 cm³/mol. The Morgan fingerprint density at radius 3 is 2.88 bits per heavy atom. The molecule has 124 valence electrons. The molecule has 0 amide bonds. The third kappa shape index (κ3) is 2.70. The molecule has 2 aliphatic rings. The summed E-state index contributed by atoms with van der Waals surface area (Å²) in [5, 5.41) is 13.2. The molecule has 4 rings (SSSR count). The SMILES string of the molecule is O=C(O)c1ccc2c(c1)CC(NCc1c(Cl)ccc3c1OCO3)C2. The number of nitrogens with one attached hydrogen (secondary N) is 1. The van der Waals surface area contributed by atoms with Gasteiger partial charge in [-0.15, -0.1) is 0 Å². The van der Waals surface area contributed by atoms with E-state index in [9.17, 15) is 4.79 Å². The first-order valence-electron chi connectivity index (χ1n) is 7.77. The van der Waals surface area contributed by atoms with Crippen molar-refractivity contribution >= 4 is 17.6 Å². The van der Waals surface area contributed by atoms with Crippen molar-refractivity contribution in [2.75, 3.05) is 6.79 Å². The second-order valence-electron chi connectivity index (χ2n) is 6.03. The van der Waals surface area contributed by atoms with Gasteiger partial charge in [-0.2, -0.15) is 0 Å². The molecule has 1 heterocycles. The second kappa shape index (κ2) is 6.00. The average molecular weight is 346 g/mol. The van der Waals surface area contributed by atoms with Gasteiger partial charge in [-0.3, -0.25) is 0 Å². The summed E-state index contributed by atoms with van der Waals surface area (Å²) in [4.78, 5) is 11.1. The number of carbonyl (C=O) groups is 1. The molecule has 1 atom stereocenters. The van der Waals surface area contributed by atoms with Crippen LogP contribution >= 0.6 is 11.6 Å². The highest BCUT2D eigenvalue weighted by Crippen LogP contribution is 2.39. The van der Waals surface area contributed by atoms with E-state index in [1.807, 2.05) is 18.2 Å². The molecule has 0 radical (unpaired) electrons. The molecule has 2 aromatic rings. The Balaban J connectivity index is 1.47. The monoisotopic (exact) mass is 345 g/mol. The highest BCUT2D eigenvalue weighted by atomic mass is 35.5. The number of fused-ring (bicyclic) bond motifs is 2. The van der Waals surface area contributed by atoms with Gasteiger partial charge in [0.15, 0.2) is 11.5 Å². The van der Waals surface area contributed by atoms with Crippen molar-refractivity contribution in [2.45, 2.75) is 25.4 Å². The van der Waals surface area contributed by atoms with Gasteiger partial charge in [-0.05, 0) is 48.2 Å². The molecular formula is C18H16ClNO4. The maximum atomic E-state index is 11.1. The van der Waals surface area contributed by atoms with Crippen LogP contribution in [0.1, 0.15) is 27.0 Å². The van der Waals surface area contributed by atoms with Crippen LogP contribution in [0.25, 0.3) is 0 Å². The minimum absolute atomic E-state index is 0.218. The normalized spacial score (nSPS) is 17.8. The minimum Gasteiger partial charge on any atom is -0.478 e. The number of hydrogen-bond donors (Lipinski definition) is 2. The van der Waals surface area contributed by atoms with E-state index in [-0.39, 0.29) is 12.8 Å². The lowest BCUT2D eigenvalue weighted by Gasteiger charge is -2.14. The van der Waals surface area contributed by atoms with Crippen LogP contribution in [0, 0.1) is 0 Å². The molecule has 24 heavy (non-hydrogen) atoms. The zero-order valence-electron chi connectivity index (χ0n) is 12.8. The molecule has 5 nitrogen and oxygen atoms in total. The molecule has 6 heteroatoms. The molecule has 1 unspecified atom stereocenters. The smallest absolute Gasteiger partial charge is 0.335 e. The van der Waals surface area contributed by atoms with Crippen LogP contribution in [0.4, 0.5) is 0 Å². The fourth-order valence-electron chi connectivity index (χ4n) is 3.31. The Labute approximate surface area is 144 Å². The highest BCUT2D eigenvalue weighted by molar-refractivity contribution is 6.31. The van der Waals surface area contributed by atoms with Gasteiger partial charge in [-0.1, -0.05) is 17.7 Å². The molecule has 2 N–H and O–H groups in total. The van der Waals surface area contributed by atoms with E-state index in [0.29, 0.717) is 22.9 Å². The summed E-state index contributed by atoms with van der Waals surface area (Å²) in [7, 11) is 0. The number of aromatic carboxylic acids is 1. The number of hydrogen-bond acceptors (Lipinski definition) is 4. The maximum absolute atomic E-state index is 11.1. The highest BCUT2D eigenvalue weighted by Gasteiger charge is 2.24. The van der Waals surface area contributed by atoms with E-state index in [4.69, 9.17) is 26.2 Å². The molecule has 0 bridgehead atoms. The topological polar surface area (TPSA) is 67.8 Å². The Kier molecular flexibility index (Phi) is 3.82. The fraction of sp³-hybridized carbons (Fsp3) is 0.278. The van der Waals surface area contributed by atoms with Crippen LogP contribution in [-0.4, -0.2) is 23.9 Å². The van der Waals surface area contributed by atoms with E-state index in [1.165, 1.54) is 5.56 Å². The van der Waals surface area contributed by atoms with Crippen LogP contribution in [0.5, 0.6) is 11.5 Å². The van der Waals surface area contributed by atoms with Gasteiger partial charge in [0, 0.05) is 23.2 Å². The predicted octanol–water partition coefficient (Wildman–Crippen LogP) is 3.02. The number of carboxylic acids is 1. The van der Waals surface area contributed by atoms with E-state index >= 15 is 0 Å². The van der Waals surface area contributed by atoms with E-state index in [0.717, 1.165) is 29.7 Å². The summed E-state index contributed by atoms with van der Waals surface area (Å²) in [6.45, 7) is 0.797. The Morgan fingerprint density at radius 2 is 2.04 bits per heavy atom. The molecule has 0 spiro atoms. The quantitative estimate of drug-likeness (QED) is 0.891. The summed E-state index contributed by atoms with van der Waals surface area (Å²) in [6.07, 6.45) is 1.68. The van der Waals surface area contributed by atoms with Gasteiger partial charge in [0.25, 0.3) is 0 Å². The zero-order valence-corrected chi connectivity index (χ0v) is 13.6. The number of halogens is 1. The van der Waals surface area contributed by atoms with Gasteiger partial charge in [0.2, 0.25) is 6.79 Å². The van der Waals surface area contributed by atoms with Gasteiger partial charge < -0.3 is 19.9 Å². The summed E-state index contributed by atoms with van der Waals surface area (Å²) in [5.74, 6) is 0.536. The molecule has 2 aromatic carbocycles. The lowest BCUT2D eigenvalue weighted by molar-refractivity contribution is 0.0696. The van der Waals surface area contributed by atoms with Gasteiger partial charge in [-0.25, -0.2) is 4.79 Å². The van der Waals surface area contributed by atoms with Gasteiger partial charge >= 0.3 is 5.97 Å². The average Bonchev–Trinajstić information content (AvgIpc) is 3.19. The van der Waals surface area contributed by atoms with Crippen LogP contribution in [0.2, 0.25) is 5.02 Å². The Bertz CT molecular complexity index is 821. The molecule has 0 aromatic heterocycles. The summed E-state index contributed by atoms with van der Waals surface area (Å²) in [5.41, 5.74) is 3.52. The van der Waals surface area contributed by atoms with Crippen LogP contribution in [-0.2, 0) is 19.4 Å². The molecule has 0 saturated carbocycles. The van der Waals surface area contributed by atoms with Crippen LogP contribution in [0.15, 0.2) is 30.3 Å². The van der Waals surface area contributed by atoms with E-state index < -0.39 is 5.97 Å². The van der Waals surface area contributed by atoms with Gasteiger partial charge in [0.1, 0.15) is 0 Å². The van der Waals surface area contributed by atoms with Crippen LogP contribution < -0.4 is 14.8 Å². The standard InChI is InChI=1S/C18H16ClNO4/c19-15-3-4-16-17(24-9-23-16)14(15)8-20-13-6-10-1-2-11(18(21)22)5-12(10)7-13/h1-5,13,20H,6-9H2,(H,21,22). The van der Waals surface area contributed by atoms with Crippen molar-refractivity contribution in [3.05, 3.63) is 57.6 Å². The first-order chi connectivity index (χ1) is 11.6. The number of carboxylic acid groups (broad SMARTS) is 1. The lowest BCUT2D eigenvalue weighted by Crippen LogP contribution is -2.29. The number of rotatable bonds is 4. The first-order valence-corrected chi connectivity index (χ1v) is 8.15. The summed E-state index contributed by atoms with van der Waals surface area (Å²) >= 11 is 6.30. The summed E-state index contributed by atoms with van der Waals surface area (Å²) in [6, 6.07) is 9.21. The maximum Gasteiger partial charge on any atom is 0.335 e. The second-order valence-corrected chi connectivity index (χ2v) is 6.44. The molecule has 0 fully saturated rings. The van der Waals surface area contributed by atoms with Gasteiger partial charge in [0.05, 0.1) is 5.56 Å². The van der Waals surface area contributed by atoms with E-state index in [2.05, 4.69) is 5.32 Å². The number of ether oxygens (including phenoxy) is 2. The molecule has 1 aliphatic carbocycles. The van der Waals surface area contributed by atoms with Crippen molar-refractivity contribution in [1.29, 1.82) is 0 Å². The third-order valence-electron chi connectivity index (χ3n) is 4.54.